The summed E-state index contributed by atoms with van der Waals surface area (Å²) in [5.74, 6) is 0.952. The van der Waals surface area contributed by atoms with Crippen molar-refractivity contribution in [2.75, 3.05) is 0 Å². The average molecular weight is 848 g/mol. The van der Waals surface area contributed by atoms with Crippen LogP contribution in [0, 0.1) is 0 Å². The van der Waals surface area contributed by atoms with E-state index >= 15 is 0 Å². The van der Waals surface area contributed by atoms with Crippen LogP contribution in [0.15, 0.2) is 200 Å². The summed E-state index contributed by atoms with van der Waals surface area (Å²) < 4.78 is 7.87. The number of para-hydroxylation sites is 2. The first-order valence-corrected chi connectivity index (χ1v) is 24.8. The van der Waals surface area contributed by atoms with Crippen LogP contribution in [-0.2, 0) is 0 Å². The molecule has 0 amide bonds. The van der Waals surface area contributed by atoms with E-state index in [1.54, 1.807) is 0 Å². The molecule has 274 valence electrons. The second kappa shape index (κ2) is 12.9. The van der Waals surface area contributed by atoms with Gasteiger partial charge in [0.05, 0.1) is 0 Å². The van der Waals surface area contributed by atoms with E-state index in [9.17, 15) is 0 Å². The first-order chi connectivity index (χ1) is 29.3. The molecule has 2 aliphatic rings. The molecule has 0 saturated heterocycles. The van der Waals surface area contributed by atoms with Crippen molar-refractivity contribution in [3.8, 4) is 17.1 Å². The zero-order chi connectivity index (χ0) is 38.7. The molecule has 6 heteroatoms. The molecule has 5 heterocycles. The summed E-state index contributed by atoms with van der Waals surface area (Å²) in [6.07, 6.45) is 0. The van der Waals surface area contributed by atoms with E-state index in [-0.39, 0.29) is 21.7 Å². The van der Waals surface area contributed by atoms with Gasteiger partial charge in [0.25, 0.3) is 0 Å². The first-order valence-electron chi connectivity index (χ1n) is 20.2. The molecule has 11 aromatic rings. The fraction of sp³-hybridized carbons (Fsp3) is 0. The second-order valence-corrected chi connectivity index (χ2v) is 22.8. The normalized spacial score (nSPS) is 13.8. The maximum atomic E-state index is 5.85. The molecule has 2 nitrogen and oxygen atoms in total. The molecule has 2 aliphatic heterocycles. The van der Waals surface area contributed by atoms with Gasteiger partial charge in [0.1, 0.15) is 0 Å². The molecule has 13 rings (SSSR count). The first kappa shape index (κ1) is 33.7. The predicted octanol–water partition coefficient (Wildman–Crippen LogP) is 6.39. The van der Waals surface area contributed by atoms with Gasteiger partial charge < -0.3 is 0 Å². The summed E-state index contributed by atoms with van der Waals surface area (Å²) in [4.78, 5) is 5.85. The standard InChI is InChI=1S/C53H33BN2SSeSi/c1-3-17-35(18-4-1)59(36-19-5-2-6-20-36)48-30-16-11-25-42(48)54-41-24-10-15-29-46(41)58-47-31-34(32-49(59)51(47)54)52-53-40(39-23-9-14-28-45(39)57-53)33-50(55-52)56-43-26-12-7-21-37(43)38-22-8-13-27-44(38)56/h1-33H. The van der Waals surface area contributed by atoms with E-state index in [1.807, 2.05) is 11.3 Å². The van der Waals surface area contributed by atoms with E-state index < -0.39 is 8.07 Å². The molecule has 8 aromatic carbocycles. The van der Waals surface area contributed by atoms with E-state index in [1.165, 1.54) is 93.6 Å². The fourth-order valence-electron chi connectivity index (χ4n) is 10.5. The summed E-state index contributed by atoms with van der Waals surface area (Å²) >= 11 is 1.98. The molecule has 0 fully saturated rings. The number of thiophene rings is 1. The maximum absolute atomic E-state index is 5.85. The third kappa shape index (κ3) is 4.71. The van der Waals surface area contributed by atoms with Gasteiger partial charge >= 0.3 is 356 Å². The predicted molar refractivity (Wildman–Crippen MR) is 257 cm³/mol. The molecule has 0 N–H and O–H groups in total. The van der Waals surface area contributed by atoms with Gasteiger partial charge in [0, 0.05) is 0 Å². The Hall–Kier alpha value is -6.27. The average Bonchev–Trinajstić information content (AvgIpc) is 3.85. The Balaban J connectivity index is 1.19. The topological polar surface area (TPSA) is 17.8 Å². The molecule has 0 radical (unpaired) electrons. The van der Waals surface area contributed by atoms with Crippen LogP contribution in [0.3, 0.4) is 0 Å². The molecule has 59 heavy (non-hydrogen) atoms. The van der Waals surface area contributed by atoms with Gasteiger partial charge in [-0.2, -0.15) is 0 Å². The Morgan fingerprint density at radius 1 is 0.492 bits per heavy atom. The van der Waals surface area contributed by atoms with Crippen molar-refractivity contribution in [2.45, 2.75) is 0 Å². The van der Waals surface area contributed by atoms with Crippen LogP contribution in [0.1, 0.15) is 0 Å². The molecule has 0 atom stereocenters. The van der Waals surface area contributed by atoms with Crippen LogP contribution in [0.4, 0.5) is 0 Å². The Kier molecular flexibility index (Phi) is 7.34. The van der Waals surface area contributed by atoms with Gasteiger partial charge in [-0.25, -0.2) is 0 Å². The van der Waals surface area contributed by atoms with Gasteiger partial charge in [-0.3, -0.25) is 0 Å². The molecule has 0 bridgehead atoms. The summed E-state index contributed by atoms with van der Waals surface area (Å²) in [6.45, 7) is 0.173. The number of rotatable bonds is 4. The number of pyridine rings is 1. The molecule has 0 aliphatic carbocycles. The van der Waals surface area contributed by atoms with Crippen molar-refractivity contribution >= 4 is 129 Å². The van der Waals surface area contributed by atoms with Gasteiger partial charge in [0.15, 0.2) is 0 Å². The fourth-order valence-corrected chi connectivity index (χ4v) is 19.7. The molecular formula is C53H33BN2SSeSi. The number of fused-ring (bicyclic) bond motifs is 10. The number of hydrogen-bond donors (Lipinski definition) is 0. The summed E-state index contributed by atoms with van der Waals surface area (Å²) in [5, 5.41) is 10.8. The summed E-state index contributed by atoms with van der Waals surface area (Å²) in [5.41, 5.74) is 9.06. The van der Waals surface area contributed by atoms with Crippen molar-refractivity contribution < 1.29 is 0 Å². The van der Waals surface area contributed by atoms with E-state index in [0.717, 1.165) is 11.5 Å². The monoisotopic (exact) mass is 848 g/mol. The van der Waals surface area contributed by atoms with Crippen LogP contribution in [0.2, 0.25) is 0 Å². The zero-order valence-corrected chi connectivity index (χ0v) is 35.4. The Bertz CT molecular complexity index is 3410. The third-order valence-electron chi connectivity index (χ3n) is 12.8. The Morgan fingerprint density at radius 2 is 1.08 bits per heavy atom. The number of hydrogen-bond acceptors (Lipinski definition) is 2. The van der Waals surface area contributed by atoms with Gasteiger partial charge in [-0.1, -0.05) is 0 Å². The van der Waals surface area contributed by atoms with Crippen LogP contribution in [0.25, 0.3) is 59.1 Å². The number of nitrogens with zero attached hydrogens (tertiary/aromatic N) is 2. The van der Waals surface area contributed by atoms with Crippen molar-refractivity contribution in [3.63, 3.8) is 0 Å². The van der Waals surface area contributed by atoms with E-state index in [2.05, 4.69) is 205 Å². The quantitative estimate of drug-likeness (QED) is 0.188. The van der Waals surface area contributed by atoms with Crippen LogP contribution in [-0.4, -0.2) is 39.3 Å². The van der Waals surface area contributed by atoms with Gasteiger partial charge in [-0.15, -0.1) is 0 Å². The zero-order valence-electron chi connectivity index (χ0n) is 31.8. The number of benzene rings is 8. The molecule has 0 unspecified atom stereocenters. The second-order valence-electron chi connectivity index (χ2n) is 15.8. The van der Waals surface area contributed by atoms with Crippen molar-refractivity contribution in [1.29, 1.82) is 0 Å². The van der Waals surface area contributed by atoms with E-state index in [4.69, 9.17) is 4.98 Å². The molecular weight excluding hydrogens is 815 g/mol. The van der Waals surface area contributed by atoms with Gasteiger partial charge in [0.2, 0.25) is 0 Å². The Labute approximate surface area is 353 Å². The van der Waals surface area contributed by atoms with Crippen LogP contribution < -0.4 is 46.1 Å². The number of aromatic nitrogens is 2. The van der Waals surface area contributed by atoms with Crippen molar-refractivity contribution in [2.24, 2.45) is 0 Å². The molecule has 0 spiro atoms. The van der Waals surface area contributed by atoms with Crippen LogP contribution >= 0.6 is 11.3 Å². The van der Waals surface area contributed by atoms with Gasteiger partial charge in [-0.05, 0) is 0 Å². The van der Waals surface area contributed by atoms with Crippen molar-refractivity contribution in [1.82, 2.24) is 9.55 Å². The minimum absolute atomic E-state index is 0.108. The van der Waals surface area contributed by atoms with Crippen molar-refractivity contribution in [3.05, 3.63) is 200 Å². The minimum atomic E-state index is -2.88. The van der Waals surface area contributed by atoms with Crippen LogP contribution in [0.5, 0.6) is 0 Å². The molecule has 0 saturated carbocycles. The summed E-state index contributed by atoms with van der Waals surface area (Å²) in [7, 11) is -2.88. The van der Waals surface area contributed by atoms with E-state index in [0.29, 0.717) is 0 Å². The SMILES string of the molecule is c1ccc([Si]2(c3ccccc3)c3ccccc3B3c4ccccc4[Se]c4cc(-c5nc(-n6c7ccccc7c7ccccc76)cc6c5sc5ccccc56)cc2c43)cc1. The Morgan fingerprint density at radius 3 is 1.81 bits per heavy atom. The molecule has 3 aromatic heterocycles. The summed E-state index contributed by atoms with van der Waals surface area (Å²) in [6, 6.07) is 75.6. The third-order valence-corrected chi connectivity index (χ3v) is 21.3.